The van der Waals surface area contributed by atoms with Gasteiger partial charge in [-0.05, 0) is 31.0 Å². The van der Waals surface area contributed by atoms with E-state index in [9.17, 15) is 5.11 Å². The van der Waals surface area contributed by atoms with Crippen molar-refractivity contribution in [3.8, 4) is 11.5 Å². The van der Waals surface area contributed by atoms with Crippen LogP contribution < -0.4 is 15.2 Å². The molecule has 1 atom stereocenters. The van der Waals surface area contributed by atoms with Crippen molar-refractivity contribution in [2.24, 2.45) is 5.73 Å². The minimum atomic E-state index is -0.421. The summed E-state index contributed by atoms with van der Waals surface area (Å²) in [6, 6.07) is 1.53. The summed E-state index contributed by atoms with van der Waals surface area (Å²) in [6.45, 7) is 4.98. The van der Waals surface area contributed by atoms with Crippen molar-refractivity contribution in [3.63, 3.8) is 0 Å². The molecule has 4 heteroatoms. The minimum absolute atomic E-state index is 0.0971. The van der Waals surface area contributed by atoms with E-state index >= 15 is 0 Å². The second-order valence-corrected chi connectivity index (χ2v) is 4.05. The molecule has 0 spiro atoms. The van der Waals surface area contributed by atoms with E-state index < -0.39 is 6.04 Å². The molecule has 1 aliphatic rings. The highest BCUT2D eigenvalue weighted by atomic mass is 16.6. The van der Waals surface area contributed by atoms with Crippen LogP contribution in [0, 0.1) is 13.8 Å². The number of hydrogen-bond donors (Lipinski definition) is 2. The van der Waals surface area contributed by atoms with Gasteiger partial charge >= 0.3 is 0 Å². The van der Waals surface area contributed by atoms with Gasteiger partial charge in [-0.25, -0.2) is 0 Å². The number of rotatable bonds is 2. The van der Waals surface area contributed by atoms with Crippen LogP contribution in [0.4, 0.5) is 0 Å². The quantitative estimate of drug-likeness (QED) is 0.787. The molecule has 2 rings (SSSR count). The van der Waals surface area contributed by atoms with Crippen LogP contribution in [0.3, 0.4) is 0 Å². The Morgan fingerprint density at radius 3 is 2.75 bits per heavy atom. The van der Waals surface area contributed by atoms with Gasteiger partial charge in [0.1, 0.15) is 13.2 Å². The number of aliphatic hydroxyl groups is 1. The predicted molar refractivity (Wildman–Crippen MR) is 60.9 cm³/mol. The van der Waals surface area contributed by atoms with Crippen LogP contribution in [-0.4, -0.2) is 24.9 Å². The van der Waals surface area contributed by atoms with Crippen molar-refractivity contribution >= 4 is 0 Å². The molecule has 0 saturated heterocycles. The van der Waals surface area contributed by atoms with E-state index in [1.807, 2.05) is 19.9 Å². The maximum atomic E-state index is 9.18. The summed E-state index contributed by atoms with van der Waals surface area (Å²) in [6.07, 6.45) is 0. The van der Waals surface area contributed by atoms with Crippen molar-refractivity contribution in [1.29, 1.82) is 0 Å². The van der Waals surface area contributed by atoms with E-state index in [1.54, 1.807) is 0 Å². The minimum Gasteiger partial charge on any atom is -0.486 e. The third-order valence-electron chi connectivity index (χ3n) is 2.97. The fraction of sp³-hybridized carbons (Fsp3) is 0.500. The molecule has 0 amide bonds. The summed E-state index contributed by atoms with van der Waals surface area (Å²) in [4.78, 5) is 0. The summed E-state index contributed by atoms with van der Waals surface area (Å²) >= 11 is 0. The van der Waals surface area contributed by atoms with Gasteiger partial charge in [-0.3, -0.25) is 0 Å². The number of hydrogen-bond acceptors (Lipinski definition) is 4. The molecule has 4 nitrogen and oxygen atoms in total. The summed E-state index contributed by atoms with van der Waals surface area (Å²) in [5, 5.41) is 9.18. The summed E-state index contributed by atoms with van der Waals surface area (Å²) < 4.78 is 11.1. The Balaban J connectivity index is 2.59. The number of aryl methyl sites for hydroxylation is 1. The van der Waals surface area contributed by atoms with E-state index in [0.29, 0.717) is 19.0 Å². The fourth-order valence-corrected chi connectivity index (χ4v) is 1.98. The molecule has 0 aromatic heterocycles. The van der Waals surface area contributed by atoms with E-state index in [1.165, 1.54) is 0 Å². The van der Waals surface area contributed by atoms with Gasteiger partial charge in [0.25, 0.3) is 0 Å². The average Bonchev–Trinajstić information content (AvgIpc) is 2.30. The first-order valence-corrected chi connectivity index (χ1v) is 5.41. The van der Waals surface area contributed by atoms with Crippen LogP contribution >= 0.6 is 0 Å². The fourth-order valence-electron chi connectivity index (χ4n) is 1.98. The summed E-state index contributed by atoms with van der Waals surface area (Å²) in [7, 11) is 0. The monoisotopic (exact) mass is 223 g/mol. The van der Waals surface area contributed by atoms with Crippen molar-refractivity contribution in [2.75, 3.05) is 19.8 Å². The van der Waals surface area contributed by atoms with Crippen LogP contribution in [0.2, 0.25) is 0 Å². The van der Waals surface area contributed by atoms with Crippen LogP contribution in [0.1, 0.15) is 22.7 Å². The van der Waals surface area contributed by atoms with Gasteiger partial charge in [0.05, 0.1) is 12.6 Å². The van der Waals surface area contributed by atoms with Crippen LogP contribution in [0.5, 0.6) is 11.5 Å². The summed E-state index contributed by atoms with van der Waals surface area (Å²) in [5.41, 5.74) is 8.92. The SMILES string of the molecule is Cc1cc2c(c(C(N)CO)c1C)OCCO2. The first-order chi connectivity index (χ1) is 7.65. The van der Waals surface area contributed by atoms with Crippen molar-refractivity contribution < 1.29 is 14.6 Å². The van der Waals surface area contributed by atoms with Crippen molar-refractivity contribution in [2.45, 2.75) is 19.9 Å². The molecule has 1 unspecified atom stereocenters. The van der Waals surface area contributed by atoms with E-state index in [2.05, 4.69) is 0 Å². The van der Waals surface area contributed by atoms with E-state index in [0.717, 1.165) is 22.4 Å². The number of benzene rings is 1. The lowest BCUT2D eigenvalue weighted by Crippen LogP contribution is -2.22. The molecule has 0 aliphatic carbocycles. The Kier molecular flexibility index (Phi) is 3.03. The Morgan fingerprint density at radius 2 is 2.06 bits per heavy atom. The van der Waals surface area contributed by atoms with Gasteiger partial charge < -0.3 is 20.3 Å². The van der Waals surface area contributed by atoms with Gasteiger partial charge in [-0.1, -0.05) is 0 Å². The molecule has 0 radical (unpaired) electrons. The Bertz CT molecular complexity index is 404. The zero-order chi connectivity index (χ0) is 11.7. The molecular formula is C12H17NO3. The third-order valence-corrected chi connectivity index (χ3v) is 2.97. The third kappa shape index (κ3) is 1.74. The second-order valence-electron chi connectivity index (χ2n) is 4.05. The molecule has 88 valence electrons. The van der Waals surface area contributed by atoms with Crippen molar-refractivity contribution in [1.82, 2.24) is 0 Å². The first-order valence-electron chi connectivity index (χ1n) is 5.41. The number of aliphatic hydroxyl groups excluding tert-OH is 1. The molecule has 1 aromatic rings. The van der Waals surface area contributed by atoms with Gasteiger partial charge in [0.2, 0.25) is 0 Å². The molecule has 0 bridgehead atoms. The highest BCUT2D eigenvalue weighted by Crippen LogP contribution is 2.40. The largest absolute Gasteiger partial charge is 0.486 e. The molecule has 16 heavy (non-hydrogen) atoms. The number of ether oxygens (including phenoxy) is 2. The zero-order valence-corrected chi connectivity index (χ0v) is 9.62. The molecule has 1 aliphatic heterocycles. The van der Waals surface area contributed by atoms with Crippen molar-refractivity contribution in [3.05, 3.63) is 22.8 Å². The normalized spacial score (nSPS) is 16.0. The smallest absolute Gasteiger partial charge is 0.166 e. The van der Waals surface area contributed by atoms with E-state index in [-0.39, 0.29) is 6.61 Å². The Morgan fingerprint density at radius 1 is 1.38 bits per heavy atom. The lowest BCUT2D eigenvalue weighted by molar-refractivity contribution is 0.167. The van der Waals surface area contributed by atoms with Gasteiger partial charge in [0, 0.05) is 5.56 Å². The molecule has 1 aromatic carbocycles. The highest BCUT2D eigenvalue weighted by molar-refractivity contribution is 5.55. The second kappa shape index (κ2) is 4.31. The molecule has 3 N–H and O–H groups in total. The van der Waals surface area contributed by atoms with Crippen LogP contribution in [0.25, 0.3) is 0 Å². The Hall–Kier alpha value is -1.26. The maximum absolute atomic E-state index is 9.18. The number of fused-ring (bicyclic) bond motifs is 1. The van der Waals surface area contributed by atoms with Gasteiger partial charge in [-0.2, -0.15) is 0 Å². The lowest BCUT2D eigenvalue weighted by Gasteiger charge is -2.25. The van der Waals surface area contributed by atoms with E-state index in [4.69, 9.17) is 15.2 Å². The van der Waals surface area contributed by atoms with Crippen LogP contribution in [0.15, 0.2) is 6.07 Å². The number of nitrogens with two attached hydrogens (primary N) is 1. The first kappa shape index (κ1) is 11.2. The predicted octanol–water partition coefficient (Wildman–Crippen LogP) is 1.07. The zero-order valence-electron chi connectivity index (χ0n) is 9.62. The maximum Gasteiger partial charge on any atom is 0.166 e. The standard InChI is InChI=1S/C12H17NO3/c1-7-5-10-12(16-4-3-15-10)11(8(7)2)9(13)6-14/h5,9,14H,3-4,6,13H2,1-2H3. The molecule has 0 fully saturated rings. The van der Waals surface area contributed by atoms with Gasteiger partial charge in [0.15, 0.2) is 11.5 Å². The van der Waals surface area contributed by atoms with Gasteiger partial charge in [-0.15, -0.1) is 0 Å². The topological polar surface area (TPSA) is 64.7 Å². The lowest BCUT2D eigenvalue weighted by atomic mass is 9.96. The molecule has 0 saturated carbocycles. The van der Waals surface area contributed by atoms with Crippen LogP contribution in [-0.2, 0) is 0 Å². The average molecular weight is 223 g/mol. The Labute approximate surface area is 95.0 Å². The molecule has 1 heterocycles. The highest BCUT2D eigenvalue weighted by Gasteiger charge is 2.23. The summed E-state index contributed by atoms with van der Waals surface area (Å²) in [5.74, 6) is 1.42. The molecular weight excluding hydrogens is 206 g/mol.